The summed E-state index contributed by atoms with van der Waals surface area (Å²) in [6.07, 6.45) is 3.66. The molecule has 20 heavy (non-hydrogen) atoms. The van der Waals surface area contributed by atoms with Gasteiger partial charge in [0.15, 0.2) is 0 Å². The Labute approximate surface area is 117 Å². The van der Waals surface area contributed by atoms with Crippen molar-refractivity contribution in [2.24, 2.45) is 0 Å². The minimum absolute atomic E-state index is 0.0163. The number of carbonyl (C=O) groups excluding carboxylic acids is 1. The van der Waals surface area contributed by atoms with Crippen molar-refractivity contribution >= 4 is 11.6 Å². The number of β-amino-alcohol motifs (C(OH)–C–C–N with tert-alkyl or cyclic N) is 1. The van der Waals surface area contributed by atoms with E-state index >= 15 is 0 Å². The number of aliphatic hydroxyl groups is 1. The van der Waals surface area contributed by atoms with Crippen molar-refractivity contribution in [3.8, 4) is 0 Å². The lowest BCUT2D eigenvalue weighted by atomic mass is 10.3. The lowest BCUT2D eigenvalue weighted by molar-refractivity contribution is 0.0610. The summed E-state index contributed by atoms with van der Waals surface area (Å²) in [6, 6.07) is 5.71. The maximum Gasteiger partial charge on any atom is 0.274 e. The average Bonchev–Trinajstić information content (AvgIpc) is 2.91. The molecule has 6 heteroatoms. The van der Waals surface area contributed by atoms with Crippen LogP contribution >= 0.6 is 0 Å². The van der Waals surface area contributed by atoms with Crippen LogP contribution in [0.4, 0.5) is 0 Å². The maximum absolute atomic E-state index is 12.4. The number of fused-ring (bicyclic) bond motifs is 1. The number of aromatic nitrogens is 2. The lowest BCUT2D eigenvalue weighted by Gasteiger charge is -2.33. The molecule has 0 aliphatic carbocycles. The Morgan fingerprint density at radius 1 is 1.25 bits per heavy atom. The Balaban J connectivity index is 1.70. The molecule has 2 aromatic heterocycles. The van der Waals surface area contributed by atoms with Gasteiger partial charge in [-0.3, -0.25) is 9.69 Å². The Morgan fingerprint density at radius 3 is 2.75 bits per heavy atom. The van der Waals surface area contributed by atoms with E-state index in [-0.39, 0.29) is 12.5 Å². The van der Waals surface area contributed by atoms with Crippen molar-refractivity contribution in [1.82, 2.24) is 19.2 Å². The van der Waals surface area contributed by atoms with Gasteiger partial charge < -0.3 is 14.4 Å². The third-order valence-corrected chi connectivity index (χ3v) is 3.66. The SMILES string of the molecule is O=C(c1cn2ccccc2n1)N1CCN(CCO)CC1. The first kappa shape index (κ1) is 13.1. The number of hydrogen-bond donors (Lipinski definition) is 1. The summed E-state index contributed by atoms with van der Waals surface area (Å²) in [5, 5.41) is 8.92. The molecule has 1 aliphatic heterocycles. The summed E-state index contributed by atoms with van der Waals surface area (Å²) in [5.41, 5.74) is 1.28. The van der Waals surface area contributed by atoms with Crippen LogP contribution in [0.5, 0.6) is 0 Å². The molecule has 3 heterocycles. The van der Waals surface area contributed by atoms with Crippen molar-refractivity contribution in [3.63, 3.8) is 0 Å². The van der Waals surface area contributed by atoms with Gasteiger partial charge in [-0.1, -0.05) is 6.07 Å². The Bertz CT molecular complexity index is 569. The normalized spacial score (nSPS) is 16.8. The number of nitrogens with zero attached hydrogens (tertiary/aromatic N) is 4. The minimum atomic E-state index is -0.0163. The molecule has 1 N–H and O–H groups in total. The van der Waals surface area contributed by atoms with E-state index in [2.05, 4.69) is 9.88 Å². The predicted octanol–water partition coefficient (Wildman–Crippen LogP) is 0.0844. The van der Waals surface area contributed by atoms with Crippen molar-refractivity contribution < 1.29 is 9.90 Å². The molecule has 0 spiro atoms. The first-order valence-electron chi connectivity index (χ1n) is 6.84. The molecule has 0 radical (unpaired) electrons. The number of carbonyl (C=O) groups is 1. The van der Waals surface area contributed by atoms with Gasteiger partial charge in [0, 0.05) is 45.1 Å². The fourth-order valence-electron chi connectivity index (χ4n) is 2.52. The highest BCUT2D eigenvalue weighted by Gasteiger charge is 2.23. The van der Waals surface area contributed by atoms with Crippen LogP contribution in [0.1, 0.15) is 10.5 Å². The molecule has 3 rings (SSSR count). The van der Waals surface area contributed by atoms with Gasteiger partial charge in [0.1, 0.15) is 11.3 Å². The smallest absolute Gasteiger partial charge is 0.274 e. The molecule has 6 nitrogen and oxygen atoms in total. The molecule has 0 atom stereocenters. The highest BCUT2D eigenvalue weighted by atomic mass is 16.3. The fraction of sp³-hybridized carbons (Fsp3) is 0.429. The van der Waals surface area contributed by atoms with Gasteiger partial charge in [0.05, 0.1) is 6.61 Å². The van der Waals surface area contributed by atoms with Crippen LogP contribution in [0, 0.1) is 0 Å². The van der Waals surface area contributed by atoms with E-state index in [0.717, 1.165) is 18.7 Å². The zero-order valence-electron chi connectivity index (χ0n) is 11.3. The second-order valence-electron chi connectivity index (χ2n) is 4.95. The lowest BCUT2D eigenvalue weighted by Crippen LogP contribution is -2.49. The largest absolute Gasteiger partial charge is 0.395 e. The van der Waals surface area contributed by atoms with E-state index in [1.54, 1.807) is 6.20 Å². The quantitative estimate of drug-likeness (QED) is 0.861. The van der Waals surface area contributed by atoms with Crippen molar-refractivity contribution in [2.75, 3.05) is 39.3 Å². The maximum atomic E-state index is 12.4. The van der Waals surface area contributed by atoms with E-state index in [0.29, 0.717) is 25.3 Å². The third-order valence-electron chi connectivity index (χ3n) is 3.66. The van der Waals surface area contributed by atoms with E-state index in [9.17, 15) is 4.79 Å². The van der Waals surface area contributed by atoms with E-state index in [4.69, 9.17) is 5.11 Å². The first-order valence-corrected chi connectivity index (χ1v) is 6.84. The molecule has 1 amide bonds. The first-order chi connectivity index (χ1) is 9.78. The molecule has 2 aromatic rings. The highest BCUT2D eigenvalue weighted by Crippen LogP contribution is 2.10. The van der Waals surface area contributed by atoms with Gasteiger partial charge >= 0.3 is 0 Å². The molecule has 1 fully saturated rings. The number of amides is 1. The van der Waals surface area contributed by atoms with Crippen LogP contribution in [-0.2, 0) is 0 Å². The predicted molar refractivity (Wildman–Crippen MR) is 74.6 cm³/mol. The summed E-state index contributed by atoms with van der Waals surface area (Å²) >= 11 is 0. The van der Waals surface area contributed by atoms with Crippen LogP contribution in [-0.4, -0.2) is 69.5 Å². The number of rotatable bonds is 3. The van der Waals surface area contributed by atoms with Crippen LogP contribution in [0.3, 0.4) is 0 Å². The van der Waals surface area contributed by atoms with Gasteiger partial charge in [-0.05, 0) is 12.1 Å². The Hall–Kier alpha value is -1.92. The number of aliphatic hydroxyl groups excluding tert-OH is 1. The standard InChI is InChI=1S/C14H18N4O2/c19-10-9-16-5-7-17(8-6-16)14(20)12-11-18-4-2-1-3-13(18)15-12/h1-4,11,19H,5-10H2. The van der Waals surface area contributed by atoms with Crippen LogP contribution < -0.4 is 0 Å². The number of piperazine rings is 1. The average molecular weight is 274 g/mol. The fourth-order valence-corrected chi connectivity index (χ4v) is 2.52. The monoisotopic (exact) mass is 274 g/mol. The van der Waals surface area contributed by atoms with Crippen molar-refractivity contribution in [2.45, 2.75) is 0 Å². The zero-order chi connectivity index (χ0) is 13.9. The van der Waals surface area contributed by atoms with Crippen molar-refractivity contribution in [3.05, 3.63) is 36.3 Å². The van der Waals surface area contributed by atoms with E-state index in [1.807, 2.05) is 33.7 Å². The van der Waals surface area contributed by atoms with Gasteiger partial charge in [0.25, 0.3) is 5.91 Å². The number of pyridine rings is 1. The van der Waals surface area contributed by atoms with Crippen LogP contribution in [0.15, 0.2) is 30.6 Å². The number of imidazole rings is 1. The third kappa shape index (κ3) is 2.52. The van der Waals surface area contributed by atoms with Gasteiger partial charge in [-0.25, -0.2) is 4.98 Å². The Kier molecular flexibility index (Phi) is 3.66. The van der Waals surface area contributed by atoms with Gasteiger partial charge in [-0.15, -0.1) is 0 Å². The van der Waals surface area contributed by atoms with Gasteiger partial charge in [0.2, 0.25) is 0 Å². The summed E-state index contributed by atoms with van der Waals surface area (Å²) in [6.45, 7) is 3.83. The van der Waals surface area contributed by atoms with E-state index < -0.39 is 0 Å². The Morgan fingerprint density at radius 2 is 2.05 bits per heavy atom. The number of hydrogen-bond acceptors (Lipinski definition) is 4. The molecule has 1 aliphatic rings. The van der Waals surface area contributed by atoms with Crippen LogP contribution in [0.2, 0.25) is 0 Å². The molecule has 0 aromatic carbocycles. The second kappa shape index (κ2) is 5.60. The highest BCUT2D eigenvalue weighted by molar-refractivity contribution is 5.93. The van der Waals surface area contributed by atoms with Gasteiger partial charge in [-0.2, -0.15) is 0 Å². The molecular weight excluding hydrogens is 256 g/mol. The minimum Gasteiger partial charge on any atom is -0.395 e. The molecule has 0 saturated carbocycles. The molecule has 106 valence electrons. The van der Waals surface area contributed by atoms with E-state index in [1.165, 1.54) is 0 Å². The van der Waals surface area contributed by atoms with Crippen LogP contribution in [0.25, 0.3) is 5.65 Å². The summed E-state index contributed by atoms with van der Waals surface area (Å²) in [4.78, 5) is 20.8. The molecule has 0 unspecified atom stereocenters. The summed E-state index contributed by atoms with van der Waals surface area (Å²) in [7, 11) is 0. The van der Waals surface area contributed by atoms with Crippen molar-refractivity contribution in [1.29, 1.82) is 0 Å². The molecule has 0 bridgehead atoms. The topological polar surface area (TPSA) is 61.1 Å². The second-order valence-corrected chi connectivity index (χ2v) is 4.95. The molecule has 1 saturated heterocycles. The summed E-state index contributed by atoms with van der Waals surface area (Å²) < 4.78 is 1.86. The molecular formula is C14H18N4O2. The summed E-state index contributed by atoms with van der Waals surface area (Å²) in [5.74, 6) is -0.0163. The zero-order valence-corrected chi connectivity index (χ0v) is 11.3.